The second-order valence-corrected chi connectivity index (χ2v) is 3.79. The molecule has 0 amide bonds. The number of para-hydroxylation sites is 1. The van der Waals surface area contributed by atoms with Gasteiger partial charge in [0.15, 0.2) is 0 Å². The van der Waals surface area contributed by atoms with Crippen molar-refractivity contribution in [2.45, 2.75) is 13.3 Å². The molecule has 1 heterocycles. The Labute approximate surface area is 96.8 Å². The van der Waals surface area contributed by atoms with Gasteiger partial charge in [0.25, 0.3) is 0 Å². The van der Waals surface area contributed by atoms with E-state index in [-0.39, 0.29) is 0 Å². The molecule has 1 saturated heterocycles. The van der Waals surface area contributed by atoms with Gasteiger partial charge in [-0.15, -0.1) is 0 Å². The molecule has 16 heavy (non-hydrogen) atoms. The van der Waals surface area contributed by atoms with Gasteiger partial charge in [-0.05, 0) is 12.5 Å². The van der Waals surface area contributed by atoms with Crippen molar-refractivity contribution >= 4 is 0 Å². The minimum Gasteiger partial charge on any atom is -0.493 e. The van der Waals surface area contributed by atoms with Crippen LogP contribution >= 0.6 is 0 Å². The van der Waals surface area contributed by atoms with Gasteiger partial charge in [-0.25, -0.2) is 0 Å². The van der Waals surface area contributed by atoms with Crippen molar-refractivity contribution in [3.05, 3.63) is 35.9 Å². The first kappa shape index (κ1) is 11.4. The summed E-state index contributed by atoms with van der Waals surface area (Å²) in [5.74, 6) is 0.919. The summed E-state index contributed by atoms with van der Waals surface area (Å²) in [5.41, 5.74) is 1.07. The van der Waals surface area contributed by atoms with E-state index in [4.69, 9.17) is 9.47 Å². The van der Waals surface area contributed by atoms with Gasteiger partial charge in [0.2, 0.25) is 0 Å². The normalized spacial score (nSPS) is 17.3. The molecule has 1 aromatic rings. The number of rotatable bonds is 4. The molecule has 0 bridgehead atoms. The monoisotopic (exact) mass is 220 g/mol. The number of nitrogens with one attached hydrogen (secondary N) is 1. The molecule has 0 aromatic heterocycles. The third kappa shape index (κ3) is 2.74. The van der Waals surface area contributed by atoms with Gasteiger partial charge in [-0.1, -0.05) is 25.1 Å². The lowest BCUT2D eigenvalue weighted by Crippen LogP contribution is -2.34. The molecule has 1 aliphatic heterocycles. The quantitative estimate of drug-likeness (QED) is 0.841. The maximum atomic E-state index is 5.71. The van der Waals surface area contributed by atoms with Gasteiger partial charge in [-0.3, -0.25) is 0 Å². The third-order valence-corrected chi connectivity index (χ3v) is 2.49. The summed E-state index contributed by atoms with van der Waals surface area (Å²) in [6, 6.07) is 8.05. The Morgan fingerprint density at radius 3 is 3.00 bits per heavy atom. The Hall–Kier alpha value is -1.06. The summed E-state index contributed by atoms with van der Waals surface area (Å²) in [4.78, 5) is 0. The van der Waals surface area contributed by atoms with Crippen LogP contribution in [0, 0.1) is 6.10 Å². The smallest absolute Gasteiger partial charge is 0.143 e. The zero-order chi connectivity index (χ0) is 11.2. The second kappa shape index (κ2) is 5.87. The van der Waals surface area contributed by atoms with Crippen molar-refractivity contribution in [3.8, 4) is 5.75 Å². The molecule has 0 saturated carbocycles. The van der Waals surface area contributed by atoms with E-state index >= 15 is 0 Å². The predicted octanol–water partition coefficient (Wildman–Crippen LogP) is 1.98. The summed E-state index contributed by atoms with van der Waals surface area (Å²) < 4.78 is 11.4. The van der Waals surface area contributed by atoms with E-state index in [1.54, 1.807) is 0 Å². The van der Waals surface area contributed by atoms with Gasteiger partial charge in [-0.2, -0.15) is 0 Å². The highest BCUT2D eigenvalue weighted by atomic mass is 16.5. The van der Waals surface area contributed by atoms with Crippen molar-refractivity contribution in [2.24, 2.45) is 0 Å². The van der Waals surface area contributed by atoms with E-state index < -0.39 is 0 Å². The zero-order valence-electron chi connectivity index (χ0n) is 9.66. The molecule has 87 valence electrons. The topological polar surface area (TPSA) is 30.5 Å². The Morgan fingerprint density at radius 1 is 1.38 bits per heavy atom. The van der Waals surface area contributed by atoms with Crippen LogP contribution in [0.2, 0.25) is 0 Å². The number of ether oxygens (including phenoxy) is 2. The molecule has 0 aliphatic carbocycles. The van der Waals surface area contributed by atoms with Crippen molar-refractivity contribution in [3.63, 3.8) is 0 Å². The van der Waals surface area contributed by atoms with E-state index in [0.717, 1.165) is 50.1 Å². The lowest BCUT2D eigenvalue weighted by atomic mass is 10.1. The molecule has 1 radical (unpaired) electrons. The molecular formula is C13H18NO2. The second-order valence-electron chi connectivity index (χ2n) is 3.79. The number of benzene rings is 1. The van der Waals surface area contributed by atoms with Gasteiger partial charge in [0.05, 0.1) is 13.2 Å². The summed E-state index contributed by atoms with van der Waals surface area (Å²) in [6.45, 7) is 5.29. The molecule has 3 heteroatoms. The SMILES string of the molecule is CCCOc1ccccc1[C]1CNCCO1. The largest absolute Gasteiger partial charge is 0.493 e. The predicted molar refractivity (Wildman–Crippen MR) is 63.4 cm³/mol. The van der Waals surface area contributed by atoms with E-state index in [0.29, 0.717) is 0 Å². The van der Waals surface area contributed by atoms with E-state index in [1.807, 2.05) is 24.3 Å². The number of hydrogen-bond acceptors (Lipinski definition) is 3. The van der Waals surface area contributed by atoms with Crippen LogP contribution in [-0.2, 0) is 4.74 Å². The first-order valence-electron chi connectivity index (χ1n) is 5.83. The lowest BCUT2D eigenvalue weighted by Gasteiger charge is -2.24. The van der Waals surface area contributed by atoms with Crippen LogP contribution in [0.15, 0.2) is 24.3 Å². The van der Waals surface area contributed by atoms with Crippen LogP contribution < -0.4 is 10.1 Å². The fourth-order valence-corrected chi connectivity index (χ4v) is 1.71. The first-order chi connectivity index (χ1) is 7.92. The first-order valence-corrected chi connectivity index (χ1v) is 5.83. The third-order valence-electron chi connectivity index (χ3n) is 2.49. The van der Waals surface area contributed by atoms with E-state index in [1.165, 1.54) is 0 Å². The number of hydrogen-bond donors (Lipinski definition) is 1. The van der Waals surface area contributed by atoms with Crippen molar-refractivity contribution < 1.29 is 9.47 Å². The Morgan fingerprint density at radius 2 is 2.25 bits per heavy atom. The highest BCUT2D eigenvalue weighted by molar-refractivity contribution is 5.42. The molecule has 2 rings (SSSR count). The highest BCUT2D eigenvalue weighted by Crippen LogP contribution is 2.27. The number of morpholine rings is 1. The van der Waals surface area contributed by atoms with Gasteiger partial charge in [0.1, 0.15) is 11.9 Å². The average Bonchev–Trinajstić information content (AvgIpc) is 2.38. The molecule has 1 aromatic carbocycles. The fourth-order valence-electron chi connectivity index (χ4n) is 1.71. The molecule has 0 unspecified atom stereocenters. The van der Waals surface area contributed by atoms with Crippen molar-refractivity contribution in [2.75, 3.05) is 26.3 Å². The van der Waals surface area contributed by atoms with Crippen LogP contribution in [0.25, 0.3) is 0 Å². The molecule has 1 N–H and O–H groups in total. The lowest BCUT2D eigenvalue weighted by molar-refractivity contribution is 0.127. The average molecular weight is 220 g/mol. The molecule has 0 spiro atoms. The fraction of sp³-hybridized carbons (Fsp3) is 0.462. The highest BCUT2D eigenvalue weighted by Gasteiger charge is 2.20. The van der Waals surface area contributed by atoms with Crippen molar-refractivity contribution in [1.29, 1.82) is 0 Å². The summed E-state index contributed by atoms with van der Waals surface area (Å²) in [5, 5.41) is 3.30. The standard InChI is InChI=1S/C13H18NO2/c1-2-8-15-12-6-4-3-5-11(12)13-10-14-7-9-16-13/h3-6,14H,2,7-10H2,1H3. The van der Waals surface area contributed by atoms with Crippen LogP contribution in [0.4, 0.5) is 0 Å². The van der Waals surface area contributed by atoms with Gasteiger partial charge < -0.3 is 14.8 Å². The summed E-state index contributed by atoms with van der Waals surface area (Å²) in [6.07, 6.45) is 2.00. The Kier molecular flexibility index (Phi) is 4.19. The van der Waals surface area contributed by atoms with Crippen LogP contribution in [-0.4, -0.2) is 26.3 Å². The van der Waals surface area contributed by atoms with Gasteiger partial charge >= 0.3 is 0 Å². The molecular weight excluding hydrogens is 202 g/mol. The van der Waals surface area contributed by atoms with Crippen molar-refractivity contribution in [1.82, 2.24) is 5.32 Å². The van der Waals surface area contributed by atoms with Gasteiger partial charge in [0, 0.05) is 18.7 Å². The Bertz CT molecular complexity index is 321. The molecule has 1 aliphatic rings. The zero-order valence-corrected chi connectivity index (χ0v) is 9.66. The maximum absolute atomic E-state index is 5.71. The molecule has 1 fully saturated rings. The Balaban J connectivity index is 2.11. The summed E-state index contributed by atoms with van der Waals surface area (Å²) in [7, 11) is 0. The minimum atomic E-state index is 0.734. The summed E-state index contributed by atoms with van der Waals surface area (Å²) >= 11 is 0. The minimum absolute atomic E-state index is 0.734. The van der Waals surface area contributed by atoms with E-state index in [2.05, 4.69) is 12.2 Å². The molecule has 0 atom stereocenters. The molecule has 3 nitrogen and oxygen atoms in total. The van der Waals surface area contributed by atoms with Crippen LogP contribution in [0.3, 0.4) is 0 Å². The van der Waals surface area contributed by atoms with Crippen LogP contribution in [0.1, 0.15) is 18.9 Å². The van der Waals surface area contributed by atoms with Crippen LogP contribution in [0.5, 0.6) is 5.75 Å². The van der Waals surface area contributed by atoms with E-state index in [9.17, 15) is 0 Å². The maximum Gasteiger partial charge on any atom is 0.143 e.